The summed E-state index contributed by atoms with van der Waals surface area (Å²) >= 11 is 0. The zero-order valence-electron chi connectivity index (χ0n) is 11.9. The zero-order chi connectivity index (χ0) is 14.5. The minimum atomic E-state index is 0.0961. The van der Waals surface area contributed by atoms with Gasteiger partial charge in [-0.2, -0.15) is 4.98 Å². The van der Waals surface area contributed by atoms with Crippen molar-refractivity contribution in [2.45, 2.75) is 38.6 Å². The van der Waals surface area contributed by atoms with Crippen molar-refractivity contribution in [3.63, 3.8) is 0 Å². The Morgan fingerprint density at radius 3 is 2.81 bits per heavy atom. The van der Waals surface area contributed by atoms with E-state index >= 15 is 0 Å². The largest absolute Gasteiger partial charge is 0.347 e. The Bertz CT molecular complexity index is 591. The van der Waals surface area contributed by atoms with Crippen LogP contribution >= 0.6 is 0 Å². The van der Waals surface area contributed by atoms with Crippen LogP contribution < -0.4 is 5.32 Å². The van der Waals surface area contributed by atoms with Gasteiger partial charge in [-0.3, -0.25) is 4.79 Å². The van der Waals surface area contributed by atoms with Gasteiger partial charge < -0.3 is 9.84 Å². The normalized spacial score (nSPS) is 14.1. The zero-order valence-corrected chi connectivity index (χ0v) is 11.9. The summed E-state index contributed by atoms with van der Waals surface area (Å²) in [5.74, 6) is 1.50. The molecule has 0 aliphatic heterocycles. The van der Waals surface area contributed by atoms with Crippen LogP contribution in [0.25, 0.3) is 0 Å². The van der Waals surface area contributed by atoms with Crippen molar-refractivity contribution < 1.29 is 9.32 Å². The lowest BCUT2D eigenvalue weighted by Crippen LogP contribution is -2.24. The number of nitrogens with zero attached hydrogens (tertiary/aromatic N) is 2. The van der Waals surface area contributed by atoms with Crippen molar-refractivity contribution in [3.05, 3.63) is 47.6 Å². The van der Waals surface area contributed by atoms with Crippen molar-refractivity contribution in [2.24, 2.45) is 5.92 Å². The van der Waals surface area contributed by atoms with E-state index in [-0.39, 0.29) is 11.8 Å². The number of carbonyl (C=O) groups is 1. The van der Waals surface area contributed by atoms with Crippen LogP contribution in [-0.2, 0) is 24.2 Å². The molecule has 0 atom stereocenters. The van der Waals surface area contributed by atoms with Gasteiger partial charge in [0.1, 0.15) is 0 Å². The fourth-order valence-electron chi connectivity index (χ4n) is 2.21. The molecule has 1 N–H and O–H groups in total. The van der Waals surface area contributed by atoms with Gasteiger partial charge in [0.2, 0.25) is 11.8 Å². The molecule has 1 saturated carbocycles. The van der Waals surface area contributed by atoms with E-state index < -0.39 is 0 Å². The maximum absolute atomic E-state index is 11.5. The lowest BCUT2D eigenvalue weighted by molar-refractivity contribution is -0.122. The third-order valence-electron chi connectivity index (χ3n) is 3.58. The molecule has 0 spiro atoms. The number of aryl methyl sites for hydroxylation is 2. The molecule has 0 bridgehead atoms. The summed E-state index contributed by atoms with van der Waals surface area (Å²) in [5, 5.41) is 6.77. The smallest absolute Gasteiger partial charge is 0.246 e. The van der Waals surface area contributed by atoms with Crippen LogP contribution in [0.3, 0.4) is 0 Å². The van der Waals surface area contributed by atoms with Crippen molar-refractivity contribution >= 4 is 5.91 Å². The molecule has 1 amide bonds. The van der Waals surface area contributed by atoms with Gasteiger partial charge >= 0.3 is 0 Å². The number of benzene rings is 1. The predicted molar refractivity (Wildman–Crippen MR) is 77.3 cm³/mol. The molecular weight excluding hydrogens is 266 g/mol. The van der Waals surface area contributed by atoms with Crippen LogP contribution in [0.4, 0.5) is 0 Å². The van der Waals surface area contributed by atoms with E-state index in [0.717, 1.165) is 32.1 Å². The second-order valence-electron chi connectivity index (χ2n) is 5.44. The molecule has 1 aromatic carbocycles. The summed E-state index contributed by atoms with van der Waals surface area (Å²) in [6.07, 6.45) is 4.77. The first-order valence-electron chi connectivity index (χ1n) is 7.44. The first-order valence-corrected chi connectivity index (χ1v) is 7.44. The lowest BCUT2D eigenvalue weighted by atomic mass is 10.1. The molecule has 1 aliphatic rings. The van der Waals surface area contributed by atoms with Crippen molar-refractivity contribution in [1.29, 1.82) is 0 Å². The van der Waals surface area contributed by atoms with E-state index in [2.05, 4.69) is 27.6 Å². The SMILES string of the molecule is O=C(NCc1nc(CCCc2ccccc2)no1)C1CC1. The van der Waals surface area contributed by atoms with Crippen molar-refractivity contribution in [1.82, 2.24) is 15.5 Å². The Balaban J connectivity index is 1.41. The van der Waals surface area contributed by atoms with Gasteiger partial charge in [0.05, 0.1) is 6.54 Å². The summed E-state index contributed by atoms with van der Waals surface area (Å²) in [6, 6.07) is 10.4. The van der Waals surface area contributed by atoms with Crippen LogP contribution in [0.5, 0.6) is 0 Å². The second kappa shape index (κ2) is 6.52. The first kappa shape index (κ1) is 13.8. The summed E-state index contributed by atoms with van der Waals surface area (Å²) in [6.45, 7) is 0.334. The van der Waals surface area contributed by atoms with Crippen LogP contribution in [-0.4, -0.2) is 16.0 Å². The Morgan fingerprint density at radius 1 is 1.24 bits per heavy atom. The molecule has 1 heterocycles. The number of nitrogens with one attached hydrogen (secondary N) is 1. The number of rotatable bonds is 7. The van der Waals surface area contributed by atoms with Gasteiger partial charge in [0.25, 0.3) is 0 Å². The molecule has 5 nitrogen and oxygen atoms in total. The molecule has 0 radical (unpaired) electrons. The summed E-state index contributed by atoms with van der Waals surface area (Å²) in [4.78, 5) is 15.8. The molecule has 0 saturated heterocycles. The third kappa shape index (κ3) is 4.15. The lowest BCUT2D eigenvalue weighted by Gasteiger charge is -1.99. The van der Waals surface area contributed by atoms with E-state index in [0.29, 0.717) is 18.3 Å². The van der Waals surface area contributed by atoms with E-state index in [9.17, 15) is 4.79 Å². The number of hydrogen-bond acceptors (Lipinski definition) is 4. The average Bonchev–Trinajstić information content (AvgIpc) is 3.27. The summed E-state index contributed by atoms with van der Waals surface area (Å²) in [5.41, 5.74) is 1.32. The van der Waals surface area contributed by atoms with E-state index in [1.165, 1.54) is 5.56 Å². The Labute approximate surface area is 123 Å². The number of aromatic nitrogens is 2. The van der Waals surface area contributed by atoms with Crippen LogP contribution in [0, 0.1) is 5.92 Å². The summed E-state index contributed by atoms with van der Waals surface area (Å²) < 4.78 is 5.14. The monoisotopic (exact) mass is 285 g/mol. The third-order valence-corrected chi connectivity index (χ3v) is 3.58. The fraction of sp³-hybridized carbons (Fsp3) is 0.438. The molecule has 1 fully saturated rings. The molecular formula is C16H19N3O2. The molecule has 1 aromatic heterocycles. The van der Waals surface area contributed by atoms with Crippen molar-refractivity contribution in [2.75, 3.05) is 0 Å². The number of carbonyl (C=O) groups excluding carboxylic acids is 1. The second-order valence-corrected chi connectivity index (χ2v) is 5.44. The minimum Gasteiger partial charge on any atom is -0.347 e. The molecule has 0 unspecified atom stereocenters. The highest BCUT2D eigenvalue weighted by molar-refractivity contribution is 5.80. The van der Waals surface area contributed by atoms with Crippen molar-refractivity contribution in [3.8, 4) is 0 Å². The van der Waals surface area contributed by atoms with Gasteiger partial charge in [-0.05, 0) is 31.2 Å². The standard InChI is InChI=1S/C16H19N3O2/c20-16(13-9-10-13)17-11-15-18-14(19-21-15)8-4-7-12-5-2-1-3-6-12/h1-3,5-6,13H,4,7-11H2,(H,17,20). The molecule has 1 aliphatic carbocycles. The van der Waals surface area contributed by atoms with Crippen LogP contribution in [0.2, 0.25) is 0 Å². The maximum Gasteiger partial charge on any atom is 0.246 e. The molecule has 110 valence electrons. The van der Waals surface area contributed by atoms with Gasteiger partial charge in [-0.15, -0.1) is 0 Å². The Kier molecular flexibility index (Phi) is 4.28. The average molecular weight is 285 g/mol. The molecule has 21 heavy (non-hydrogen) atoms. The quantitative estimate of drug-likeness (QED) is 0.847. The van der Waals surface area contributed by atoms with Crippen LogP contribution in [0.1, 0.15) is 36.5 Å². The molecule has 3 rings (SSSR count). The highest BCUT2D eigenvalue weighted by atomic mass is 16.5. The topological polar surface area (TPSA) is 68.0 Å². The number of amides is 1. The van der Waals surface area contributed by atoms with E-state index in [1.807, 2.05) is 18.2 Å². The molecule has 2 aromatic rings. The predicted octanol–water partition coefficient (Wildman–Crippen LogP) is 2.27. The highest BCUT2D eigenvalue weighted by Gasteiger charge is 2.29. The first-order chi connectivity index (χ1) is 10.3. The van der Waals surface area contributed by atoms with E-state index in [4.69, 9.17) is 4.52 Å². The molecule has 5 heteroatoms. The van der Waals surface area contributed by atoms with Crippen LogP contribution in [0.15, 0.2) is 34.9 Å². The highest BCUT2D eigenvalue weighted by Crippen LogP contribution is 2.28. The minimum absolute atomic E-state index is 0.0961. The van der Waals surface area contributed by atoms with Gasteiger partial charge in [0.15, 0.2) is 5.82 Å². The van der Waals surface area contributed by atoms with E-state index in [1.54, 1.807) is 0 Å². The Morgan fingerprint density at radius 2 is 2.05 bits per heavy atom. The summed E-state index contributed by atoms with van der Waals surface area (Å²) in [7, 11) is 0. The fourth-order valence-corrected chi connectivity index (χ4v) is 2.21. The number of hydrogen-bond donors (Lipinski definition) is 1. The Hall–Kier alpha value is -2.17. The van der Waals surface area contributed by atoms with Gasteiger partial charge in [0, 0.05) is 12.3 Å². The van der Waals surface area contributed by atoms with Gasteiger partial charge in [-0.1, -0.05) is 35.5 Å². The van der Waals surface area contributed by atoms with Gasteiger partial charge in [-0.25, -0.2) is 0 Å². The maximum atomic E-state index is 11.5.